The molecular formula is C25H18N4O3S. The van der Waals surface area contributed by atoms with Gasteiger partial charge in [-0.1, -0.05) is 35.5 Å². The number of amides is 1. The van der Waals surface area contributed by atoms with Gasteiger partial charge in [0.15, 0.2) is 5.76 Å². The van der Waals surface area contributed by atoms with E-state index < -0.39 is 0 Å². The lowest BCUT2D eigenvalue weighted by molar-refractivity contribution is 0.0996. The Bertz CT molecular complexity index is 1420. The molecular weight excluding hydrogens is 436 g/mol. The van der Waals surface area contributed by atoms with E-state index in [0.29, 0.717) is 28.9 Å². The summed E-state index contributed by atoms with van der Waals surface area (Å²) in [5.41, 5.74) is 4.25. The molecule has 3 heterocycles. The largest absolute Gasteiger partial charge is 0.459 e. The highest BCUT2D eigenvalue weighted by Gasteiger charge is 2.26. The second-order valence-corrected chi connectivity index (χ2v) is 8.75. The lowest BCUT2D eigenvalue weighted by Crippen LogP contribution is -2.10. The molecule has 162 valence electrons. The molecule has 0 aliphatic heterocycles. The smallest absolute Gasteiger partial charge is 0.291 e. The maximum atomic E-state index is 12.2. The summed E-state index contributed by atoms with van der Waals surface area (Å²) in [4.78, 5) is 21.5. The van der Waals surface area contributed by atoms with Crippen molar-refractivity contribution in [2.45, 2.75) is 18.8 Å². The second-order valence-electron chi connectivity index (χ2n) is 7.86. The van der Waals surface area contributed by atoms with E-state index in [0.717, 1.165) is 16.8 Å². The standard InChI is InChI=1S/C25H18N4O3S/c30-23(21-5-2-12-31-21)26-19-4-1-3-18(13-19)24-28-22(29-32-24)16-8-6-15(7-9-16)20-14-33-25(27-20)17-10-11-17/h1-9,12-14,17H,10-11H2,(H,26,30). The molecule has 0 unspecified atom stereocenters. The van der Waals surface area contributed by atoms with Gasteiger partial charge in [0.05, 0.1) is 17.0 Å². The first-order chi connectivity index (χ1) is 16.2. The number of carbonyl (C=O) groups is 1. The van der Waals surface area contributed by atoms with Crippen LogP contribution in [0.3, 0.4) is 0 Å². The van der Waals surface area contributed by atoms with Gasteiger partial charge in [-0.15, -0.1) is 11.3 Å². The molecule has 33 heavy (non-hydrogen) atoms. The van der Waals surface area contributed by atoms with Crippen molar-refractivity contribution < 1.29 is 13.7 Å². The van der Waals surface area contributed by atoms with Gasteiger partial charge >= 0.3 is 0 Å². The summed E-state index contributed by atoms with van der Waals surface area (Å²) in [6.45, 7) is 0. The molecule has 1 N–H and O–H groups in total. The highest BCUT2D eigenvalue weighted by atomic mass is 32.1. The van der Waals surface area contributed by atoms with E-state index >= 15 is 0 Å². The van der Waals surface area contributed by atoms with Crippen LogP contribution in [0, 0.1) is 0 Å². The molecule has 0 bridgehead atoms. The zero-order valence-electron chi connectivity index (χ0n) is 17.4. The van der Waals surface area contributed by atoms with Crippen LogP contribution in [0.2, 0.25) is 0 Å². The monoisotopic (exact) mass is 454 g/mol. The number of benzene rings is 2. The van der Waals surface area contributed by atoms with Gasteiger partial charge in [-0.25, -0.2) is 4.98 Å². The van der Waals surface area contributed by atoms with Crippen LogP contribution in [-0.2, 0) is 0 Å². The minimum absolute atomic E-state index is 0.241. The van der Waals surface area contributed by atoms with Gasteiger partial charge in [-0.3, -0.25) is 4.79 Å². The highest BCUT2D eigenvalue weighted by Crippen LogP contribution is 2.42. The van der Waals surface area contributed by atoms with Gasteiger partial charge in [0.25, 0.3) is 11.8 Å². The van der Waals surface area contributed by atoms with Crippen LogP contribution in [0.15, 0.2) is 81.2 Å². The van der Waals surface area contributed by atoms with E-state index in [1.54, 1.807) is 35.6 Å². The first kappa shape index (κ1) is 19.6. The van der Waals surface area contributed by atoms with Gasteiger partial charge in [-0.2, -0.15) is 4.98 Å². The summed E-state index contributed by atoms with van der Waals surface area (Å²) < 4.78 is 10.6. The Morgan fingerprint density at radius 2 is 1.82 bits per heavy atom. The maximum Gasteiger partial charge on any atom is 0.291 e. The summed E-state index contributed by atoms with van der Waals surface area (Å²) >= 11 is 1.74. The molecule has 0 atom stereocenters. The molecule has 1 aliphatic rings. The molecule has 1 fully saturated rings. The fourth-order valence-corrected chi connectivity index (χ4v) is 4.52. The van der Waals surface area contributed by atoms with E-state index in [4.69, 9.17) is 13.9 Å². The fraction of sp³-hybridized carbons (Fsp3) is 0.120. The summed E-state index contributed by atoms with van der Waals surface area (Å²) in [6, 6.07) is 18.5. The Balaban J connectivity index is 1.19. The van der Waals surface area contributed by atoms with E-state index in [2.05, 4.69) is 20.8 Å². The second kappa shape index (κ2) is 8.14. The molecule has 7 nitrogen and oxygen atoms in total. The molecule has 1 aliphatic carbocycles. The van der Waals surface area contributed by atoms with Gasteiger partial charge in [0.1, 0.15) is 0 Å². The van der Waals surface area contributed by atoms with Crippen molar-refractivity contribution in [3.05, 3.63) is 83.1 Å². The van der Waals surface area contributed by atoms with Crippen LogP contribution in [0.4, 0.5) is 5.69 Å². The van der Waals surface area contributed by atoms with Crippen LogP contribution < -0.4 is 5.32 Å². The lowest BCUT2D eigenvalue weighted by atomic mass is 10.1. The van der Waals surface area contributed by atoms with Gasteiger partial charge in [0, 0.05) is 33.7 Å². The molecule has 8 heteroatoms. The predicted molar refractivity (Wildman–Crippen MR) is 125 cm³/mol. The molecule has 0 radical (unpaired) electrons. The van der Waals surface area contributed by atoms with Crippen molar-refractivity contribution in [1.29, 1.82) is 0 Å². The van der Waals surface area contributed by atoms with Crippen molar-refractivity contribution in [2.24, 2.45) is 0 Å². The first-order valence-corrected chi connectivity index (χ1v) is 11.5. The van der Waals surface area contributed by atoms with Gasteiger partial charge in [0.2, 0.25) is 5.82 Å². The number of aromatic nitrogens is 3. The number of thiazole rings is 1. The Morgan fingerprint density at radius 1 is 0.970 bits per heavy atom. The van der Waals surface area contributed by atoms with Crippen molar-refractivity contribution in [3.8, 4) is 34.1 Å². The molecule has 0 spiro atoms. The van der Waals surface area contributed by atoms with Crippen LogP contribution in [0.25, 0.3) is 34.1 Å². The molecule has 1 saturated carbocycles. The Labute approximate surface area is 193 Å². The number of rotatable bonds is 6. The zero-order chi connectivity index (χ0) is 22.2. The predicted octanol–water partition coefficient (Wildman–Crippen LogP) is 6.25. The van der Waals surface area contributed by atoms with Crippen molar-refractivity contribution >= 4 is 22.9 Å². The molecule has 2 aromatic carbocycles. The van der Waals surface area contributed by atoms with E-state index in [1.807, 2.05) is 36.4 Å². The molecule has 6 rings (SSSR count). The van der Waals surface area contributed by atoms with E-state index in [9.17, 15) is 4.79 Å². The highest BCUT2D eigenvalue weighted by molar-refractivity contribution is 7.10. The zero-order valence-corrected chi connectivity index (χ0v) is 18.2. The maximum absolute atomic E-state index is 12.2. The van der Waals surface area contributed by atoms with Crippen molar-refractivity contribution in [2.75, 3.05) is 5.32 Å². The normalized spacial score (nSPS) is 13.2. The number of carbonyl (C=O) groups excluding carboxylic acids is 1. The average molecular weight is 455 g/mol. The van der Waals surface area contributed by atoms with Crippen molar-refractivity contribution in [3.63, 3.8) is 0 Å². The topological polar surface area (TPSA) is 94.1 Å². The Kier molecular flexibility index (Phi) is 4.84. The number of hydrogen-bond acceptors (Lipinski definition) is 7. The third-order valence-corrected chi connectivity index (χ3v) is 6.43. The summed E-state index contributed by atoms with van der Waals surface area (Å²) in [5, 5.41) is 10.3. The number of nitrogens with zero attached hydrogens (tertiary/aromatic N) is 3. The van der Waals surface area contributed by atoms with Crippen LogP contribution >= 0.6 is 11.3 Å². The Morgan fingerprint density at radius 3 is 2.61 bits per heavy atom. The van der Waals surface area contributed by atoms with E-state index in [1.165, 1.54) is 24.1 Å². The third-order valence-electron chi connectivity index (χ3n) is 5.43. The number of nitrogens with one attached hydrogen (secondary N) is 1. The van der Waals surface area contributed by atoms with Crippen LogP contribution in [0.5, 0.6) is 0 Å². The SMILES string of the molecule is O=C(Nc1cccc(-c2nc(-c3ccc(-c4csc(C5CC5)n4)cc3)no2)c1)c1ccco1. The summed E-state index contributed by atoms with van der Waals surface area (Å²) in [5.74, 6) is 1.45. The lowest BCUT2D eigenvalue weighted by Gasteiger charge is -2.04. The molecule has 5 aromatic rings. The molecule has 1 amide bonds. The minimum Gasteiger partial charge on any atom is -0.459 e. The summed E-state index contributed by atoms with van der Waals surface area (Å²) in [7, 11) is 0. The third kappa shape index (κ3) is 4.08. The van der Waals surface area contributed by atoms with E-state index in [-0.39, 0.29) is 11.7 Å². The number of anilines is 1. The minimum atomic E-state index is -0.326. The summed E-state index contributed by atoms with van der Waals surface area (Å²) in [6.07, 6.45) is 3.97. The number of furan rings is 1. The average Bonchev–Trinajstić information content (AvgIpc) is 3.28. The fourth-order valence-electron chi connectivity index (χ4n) is 3.52. The van der Waals surface area contributed by atoms with Gasteiger partial charge < -0.3 is 14.3 Å². The van der Waals surface area contributed by atoms with Crippen LogP contribution in [0.1, 0.15) is 34.3 Å². The van der Waals surface area contributed by atoms with Crippen LogP contribution in [-0.4, -0.2) is 21.0 Å². The molecule has 3 aromatic heterocycles. The number of hydrogen-bond donors (Lipinski definition) is 1. The Hall–Kier alpha value is -4.04. The van der Waals surface area contributed by atoms with Crippen molar-refractivity contribution in [1.82, 2.24) is 15.1 Å². The molecule has 0 saturated heterocycles. The quantitative estimate of drug-likeness (QED) is 0.326. The van der Waals surface area contributed by atoms with Gasteiger partial charge in [-0.05, 0) is 43.2 Å². The first-order valence-electron chi connectivity index (χ1n) is 10.6.